The maximum Gasteiger partial charge on any atom is 0.306 e. The van der Waals surface area contributed by atoms with Gasteiger partial charge in [0.25, 0.3) is 0 Å². The molecule has 1 atom stereocenters. The third-order valence-electron chi connectivity index (χ3n) is 13.1. The van der Waals surface area contributed by atoms with Gasteiger partial charge in [-0.15, -0.1) is 0 Å². The van der Waals surface area contributed by atoms with Crippen molar-refractivity contribution in [1.29, 1.82) is 0 Å². The lowest BCUT2D eigenvalue weighted by Crippen LogP contribution is -2.30. The molecule has 0 heterocycles. The molecule has 1 unspecified atom stereocenters. The summed E-state index contributed by atoms with van der Waals surface area (Å²) in [5.41, 5.74) is 0. The topological polar surface area (TPSA) is 78.9 Å². The maximum atomic E-state index is 12.8. The summed E-state index contributed by atoms with van der Waals surface area (Å²) >= 11 is 0. The molecule has 0 aromatic carbocycles. The number of carbonyl (C=O) groups excluding carboxylic acids is 3. The molecule has 0 N–H and O–H groups in total. The fraction of sp³-hybridized carbons (Fsp3) is 0.648. The van der Waals surface area contributed by atoms with Crippen molar-refractivity contribution in [2.24, 2.45) is 0 Å². The third-order valence-corrected chi connectivity index (χ3v) is 13.1. The van der Waals surface area contributed by atoms with Gasteiger partial charge in [0.15, 0.2) is 6.10 Å². The average molecular weight is 1070 g/mol. The van der Waals surface area contributed by atoms with Crippen LogP contribution in [-0.4, -0.2) is 37.2 Å². The Labute approximate surface area is 475 Å². The van der Waals surface area contributed by atoms with E-state index in [4.69, 9.17) is 14.2 Å². The van der Waals surface area contributed by atoms with Crippen LogP contribution in [0.3, 0.4) is 0 Å². The molecule has 0 radical (unpaired) electrons. The van der Waals surface area contributed by atoms with Gasteiger partial charge in [-0.1, -0.05) is 270 Å². The van der Waals surface area contributed by atoms with Crippen LogP contribution in [0.2, 0.25) is 0 Å². The van der Waals surface area contributed by atoms with Crippen LogP contribution in [0.1, 0.15) is 278 Å². The van der Waals surface area contributed by atoms with Crippen molar-refractivity contribution in [3.63, 3.8) is 0 Å². The number of hydrogen-bond acceptors (Lipinski definition) is 6. The van der Waals surface area contributed by atoms with Crippen molar-refractivity contribution >= 4 is 17.9 Å². The molecule has 6 nitrogen and oxygen atoms in total. The minimum Gasteiger partial charge on any atom is -0.462 e. The Bertz CT molecular complexity index is 1650. The first-order valence-electron chi connectivity index (χ1n) is 31.7. The highest BCUT2D eigenvalue weighted by atomic mass is 16.6. The first-order chi connectivity index (χ1) is 38.0. The molecule has 0 aliphatic rings. The van der Waals surface area contributed by atoms with E-state index in [9.17, 15) is 14.4 Å². The van der Waals surface area contributed by atoms with Crippen molar-refractivity contribution < 1.29 is 28.6 Å². The monoisotopic (exact) mass is 1060 g/mol. The zero-order valence-electron chi connectivity index (χ0n) is 49.9. The Hall–Kier alpha value is -4.45. The number of allylic oxidation sites excluding steroid dienone is 22. The van der Waals surface area contributed by atoms with E-state index in [2.05, 4.69) is 154 Å². The highest BCUT2D eigenvalue weighted by Crippen LogP contribution is 2.15. The molecule has 6 heteroatoms. The number of esters is 3. The average Bonchev–Trinajstić information content (AvgIpc) is 3.43. The van der Waals surface area contributed by atoms with E-state index >= 15 is 0 Å². The number of rotatable bonds is 56. The third kappa shape index (κ3) is 62.3. The zero-order valence-corrected chi connectivity index (χ0v) is 49.9. The minimum absolute atomic E-state index is 0.0956. The van der Waals surface area contributed by atoms with Gasteiger partial charge in [0.2, 0.25) is 0 Å². The van der Waals surface area contributed by atoms with Crippen molar-refractivity contribution in [3.8, 4) is 0 Å². The van der Waals surface area contributed by atoms with Crippen LogP contribution in [0.4, 0.5) is 0 Å². The Morgan fingerprint density at radius 2 is 0.506 bits per heavy atom. The van der Waals surface area contributed by atoms with Crippen molar-refractivity contribution in [2.45, 2.75) is 284 Å². The van der Waals surface area contributed by atoms with Gasteiger partial charge in [-0.2, -0.15) is 0 Å². The van der Waals surface area contributed by atoms with Crippen LogP contribution in [0, 0.1) is 0 Å². The lowest BCUT2D eigenvalue weighted by Gasteiger charge is -2.18. The molecule has 77 heavy (non-hydrogen) atoms. The fourth-order valence-electron chi connectivity index (χ4n) is 8.41. The van der Waals surface area contributed by atoms with E-state index in [1.54, 1.807) is 0 Å². The maximum absolute atomic E-state index is 12.8. The second-order valence-corrected chi connectivity index (χ2v) is 20.6. The largest absolute Gasteiger partial charge is 0.462 e. The van der Waals surface area contributed by atoms with Crippen LogP contribution >= 0.6 is 0 Å². The summed E-state index contributed by atoms with van der Waals surface area (Å²) in [5.74, 6) is -0.958. The standard InChI is InChI=1S/C71H116O6/c1-4-7-10-13-15-17-19-21-23-25-27-29-30-31-32-33-34-35-36-37-38-39-40-42-43-45-47-49-51-53-55-58-61-64-70(73)76-67-68(66-75-69(72)63-60-57-12-9-6-3)77-71(74)65-62-59-56-54-52-50-48-46-44-41-28-26-24-22-20-18-16-14-11-8-5-2/h7,10,15,17,21,23,26-29,31-32,34-35,37-38,40,42,45,47,51,53,68H,4-6,8-9,11-14,16,18-20,22,24-25,30,33,36,39,41,43-44,46,48-50,52,54-67H2,1-3H3/b10-7-,17-15-,23-21-,28-26-,29-27-,32-31-,35-34-,38-37-,42-40-,47-45-,53-51-. The van der Waals surface area contributed by atoms with E-state index in [-0.39, 0.29) is 31.1 Å². The Morgan fingerprint density at radius 1 is 0.273 bits per heavy atom. The molecule has 436 valence electrons. The van der Waals surface area contributed by atoms with Gasteiger partial charge >= 0.3 is 17.9 Å². The van der Waals surface area contributed by atoms with E-state index < -0.39 is 6.10 Å². The van der Waals surface area contributed by atoms with E-state index in [1.807, 2.05) is 0 Å². The van der Waals surface area contributed by atoms with Crippen molar-refractivity contribution in [2.75, 3.05) is 13.2 Å². The molecule has 0 fully saturated rings. The molecule has 0 rings (SSSR count). The Balaban J connectivity index is 4.17. The van der Waals surface area contributed by atoms with Crippen molar-refractivity contribution in [3.05, 3.63) is 134 Å². The number of carbonyl (C=O) groups is 3. The van der Waals surface area contributed by atoms with Gasteiger partial charge in [-0.05, 0) is 122 Å². The summed E-state index contributed by atoms with van der Waals surface area (Å²) in [6, 6.07) is 0. The van der Waals surface area contributed by atoms with Crippen LogP contribution < -0.4 is 0 Å². The van der Waals surface area contributed by atoms with Crippen LogP contribution in [-0.2, 0) is 28.6 Å². The predicted molar refractivity (Wildman–Crippen MR) is 334 cm³/mol. The molecule has 0 aromatic heterocycles. The summed E-state index contributed by atoms with van der Waals surface area (Å²) in [6.45, 7) is 6.41. The van der Waals surface area contributed by atoms with E-state index in [1.165, 1.54) is 103 Å². The molecular weight excluding hydrogens is 949 g/mol. The number of ether oxygens (including phenoxy) is 3. The first-order valence-corrected chi connectivity index (χ1v) is 31.7. The smallest absolute Gasteiger partial charge is 0.306 e. The lowest BCUT2D eigenvalue weighted by atomic mass is 10.1. The van der Waals surface area contributed by atoms with Gasteiger partial charge in [-0.25, -0.2) is 0 Å². The molecule has 0 saturated carbocycles. The number of unbranched alkanes of at least 4 members (excludes halogenated alkanes) is 23. The second kappa shape index (κ2) is 64.1. The Morgan fingerprint density at radius 3 is 0.831 bits per heavy atom. The molecular formula is C71H116O6. The summed E-state index contributed by atoms with van der Waals surface area (Å²) in [4.78, 5) is 37.9. The molecule has 0 amide bonds. The van der Waals surface area contributed by atoms with Gasteiger partial charge in [0.05, 0.1) is 0 Å². The first kappa shape index (κ1) is 72.5. The quantitative estimate of drug-likeness (QED) is 0.0261. The molecule has 0 bridgehead atoms. The molecule has 0 saturated heterocycles. The number of hydrogen-bond donors (Lipinski definition) is 0. The Kier molecular flexibility index (Phi) is 60.4. The van der Waals surface area contributed by atoms with Gasteiger partial charge in [0.1, 0.15) is 13.2 Å². The van der Waals surface area contributed by atoms with Crippen LogP contribution in [0.25, 0.3) is 0 Å². The minimum atomic E-state index is -0.797. The van der Waals surface area contributed by atoms with E-state index in [0.717, 1.165) is 128 Å². The van der Waals surface area contributed by atoms with Gasteiger partial charge in [-0.3, -0.25) is 14.4 Å². The summed E-state index contributed by atoms with van der Waals surface area (Å²) in [6.07, 6.45) is 90.8. The predicted octanol–water partition coefficient (Wildman–Crippen LogP) is 21.8. The van der Waals surface area contributed by atoms with Crippen LogP contribution in [0.5, 0.6) is 0 Å². The normalized spacial score (nSPS) is 13.0. The molecule has 0 aromatic rings. The summed E-state index contributed by atoms with van der Waals surface area (Å²) in [5, 5.41) is 0. The van der Waals surface area contributed by atoms with Crippen LogP contribution in [0.15, 0.2) is 134 Å². The molecule has 0 spiro atoms. The summed E-state index contributed by atoms with van der Waals surface area (Å²) < 4.78 is 16.7. The second-order valence-electron chi connectivity index (χ2n) is 20.6. The molecule has 0 aliphatic carbocycles. The van der Waals surface area contributed by atoms with E-state index in [0.29, 0.717) is 25.7 Å². The highest BCUT2D eigenvalue weighted by molar-refractivity contribution is 5.71. The SMILES string of the molecule is CC/C=C\C/C=C\C/C=C\C/C=C\C/C=C\C/C=C\C/C=C\C/C=C\C/C=C\C/C=C\CCCCC(=O)OCC(COC(=O)CCCCCCC)OC(=O)CCCCCCCCCCC/C=C\CCCCCCCCCC. The van der Waals surface area contributed by atoms with Gasteiger partial charge in [0, 0.05) is 19.3 Å². The lowest BCUT2D eigenvalue weighted by molar-refractivity contribution is -0.167. The zero-order chi connectivity index (χ0) is 55.7. The van der Waals surface area contributed by atoms with Gasteiger partial charge < -0.3 is 14.2 Å². The molecule has 0 aliphatic heterocycles. The summed E-state index contributed by atoms with van der Waals surface area (Å²) in [7, 11) is 0. The van der Waals surface area contributed by atoms with Crippen molar-refractivity contribution in [1.82, 2.24) is 0 Å². The highest BCUT2D eigenvalue weighted by Gasteiger charge is 2.19. The fourth-order valence-corrected chi connectivity index (χ4v) is 8.41.